The molecule has 0 aromatic heterocycles. The SMILES string of the molecule is O=C(NCC1(O)CCC1)C1COc2ccccc2O1. The van der Waals surface area contributed by atoms with Gasteiger partial charge in [0.1, 0.15) is 6.61 Å². The monoisotopic (exact) mass is 263 g/mol. The molecule has 1 aliphatic carbocycles. The van der Waals surface area contributed by atoms with Crippen LogP contribution in [0.3, 0.4) is 0 Å². The van der Waals surface area contributed by atoms with E-state index < -0.39 is 11.7 Å². The molecule has 2 N–H and O–H groups in total. The van der Waals surface area contributed by atoms with Crippen molar-refractivity contribution in [1.29, 1.82) is 0 Å². The van der Waals surface area contributed by atoms with Crippen molar-refractivity contribution in [3.05, 3.63) is 24.3 Å². The lowest BCUT2D eigenvalue weighted by atomic mass is 9.80. The first kappa shape index (κ1) is 12.3. The second-order valence-electron chi connectivity index (χ2n) is 5.16. The smallest absolute Gasteiger partial charge is 0.264 e. The molecule has 0 spiro atoms. The molecule has 3 rings (SSSR count). The lowest BCUT2D eigenvalue weighted by Gasteiger charge is -2.37. The number of nitrogens with one attached hydrogen (secondary N) is 1. The fourth-order valence-corrected chi connectivity index (χ4v) is 2.28. The maximum absolute atomic E-state index is 12.0. The normalized spacial score (nSPS) is 23.3. The molecule has 1 aliphatic heterocycles. The second kappa shape index (κ2) is 4.74. The number of fused-ring (bicyclic) bond motifs is 1. The zero-order valence-electron chi connectivity index (χ0n) is 10.6. The highest BCUT2D eigenvalue weighted by Gasteiger charge is 2.36. The minimum Gasteiger partial charge on any atom is -0.485 e. The maximum atomic E-state index is 12.0. The Morgan fingerprint density at radius 1 is 1.37 bits per heavy atom. The summed E-state index contributed by atoms with van der Waals surface area (Å²) in [5.41, 5.74) is -0.719. The summed E-state index contributed by atoms with van der Waals surface area (Å²) in [5.74, 6) is 0.996. The number of hydrogen-bond donors (Lipinski definition) is 2. The van der Waals surface area contributed by atoms with Crippen LogP contribution in [-0.2, 0) is 4.79 Å². The first-order valence-electron chi connectivity index (χ1n) is 6.55. The summed E-state index contributed by atoms with van der Waals surface area (Å²) >= 11 is 0. The van der Waals surface area contributed by atoms with Crippen molar-refractivity contribution in [2.45, 2.75) is 31.0 Å². The van der Waals surface area contributed by atoms with Crippen LogP contribution in [-0.4, -0.2) is 35.9 Å². The molecule has 0 saturated heterocycles. The highest BCUT2D eigenvalue weighted by Crippen LogP contribution is 2.32. The van der Waals surface area contributed by atoms with Gasteiger partial charge in [0, 0.05) is 6.54 Å². The average molecular weight is 263 g/mol. The van der Waals surface area contributed by atoms with Crippen LogP contribution in [0.25, 0.3) is 0 Å². The summed E-state index contributed by atoms with van der Waals surface area (Å²) in [7, 11) is 0. The fourth-order valence-electron chi connectivity index (χ4n) is 2.28. The van der Waals surface area contributed by atoms with Crippen LogP contribution in [0.4, 0.5) is 0 Å². The van der Waals surface area contributed by atoms with Crippen molar-refractivity contribution in [1.82, 2.24) is 5.32 Å². The molecular weight excluding hydrogens is 246 g/mol. The van der Waals surface area contributed by atoms with Crippen molar-refractivity contribution in [2.75, 3.05) is 13.2 Å². The Morgan fingerprint density at radius 2 is 2.11 bits per heavy atom. The van der Waals surface area contributed by atoms with Gasteiger partial charge in [0.15, 0.2) is 11.5 Å². The van der Waals surface area contributed by atoms with E-state index in [-0.39, 0.29) is 19.1 Å². The zero-order chi connectivity index (χ0) is 13.3. The minimum absolute atomic E-state index is 0.196. The van der Waals surface area contributed by atoms with Gasteiger partial charge in [-0.05, 0) is 31.4 Å². The van der Waals surface area contributed by atoms with E-state index in [1.165, 1.54) is 0 Å². The van der Waals surface area contributed by atoms with Crippen LogP contribution in [0.1, 0.15) is 19.3 Å². The van der Waals surface area contributed by atoms with Gasteiger partial charge in [0.2, 0.25) is 6.10 Å². The van der Waals surface area contributed by atoms with Crippen molar-refractivity contribution >= 4 is 5.91 Å². The number of ether oxygens (including phenoxy) is 2. The van der Waals surface area contributed by atoms with E-state index >= 15 is 0 Å². The molecule has 1 unspecified atom stereocenters. The number of carbonyl (C=O) groups excluding carboxylic acids is 1. The molecule has 19 heavy (non-hydrogen) atoms. The van der Waals surface area contributed by atoms with Crippen LogP contribution in [0, 0.1) is 0 Å². The first-order valence-corrected chi connectivity index (χ1v) is 6.55. The largest absolute Gasteiger partial charge is 0.485 e. The van der Waals surface area contributed by atoms with Crippen molar-refractivity contribution < 1.29 is 19.4 Å². The van der Waals surface area contributed by atoms with Gasteiger partial charge in [-0.1, -0.05) is 12.1 Å². The predicted octanol–water partition coefficient (Wildman–Crippen LogP) is 0.858. The van der Waals surface area contributed by atoms with Crippen LogP contribution >= 0.6 is 0 Å². The summed E-state index contributed by atoms with van der Waals surface area (Å²) in [6.45, 7) is 0.481. The molecule has 102 valence electrons. The first-order chi connectivity index (χ1) is 9.16. The summed E-state index contributed by atoms with van der Waals surface area (Å²) in [6, 6.07) is 7.27. The number of rotatable bonds is 3. The summed E-state index contributed by atoms with van der Waals surface area (Å²) in [5, 5.41) is 12.7. The van der Waals surface area contributed by atoms with E-state index in [1.54, 1.807) is 12.1 Å². The van der Waals surface area contributed by atoms with E-state index in [2.05, 4.69) is 5.32 Å². The summed E-state index contributed by atoms with van der Waals surface area (Å²) in [6.07, 6.45) is 1.86. The topological polar surface area (TPSA) is 67.8 Å². The van der Waals surface area contributed by atoms with Gasteiger partial charge in [-0.2, -0.15) is 0 Å². The molecule has 1 saturated carbocycles. The van der Waals surface area contributed by atoms with Gasteiger partial charge in [-0.25, -0.2) is 0 Å². The number of benzene rings is 1. The summed E-state index contributed by atoms with van der Waals surface area (Å²) in [4.78, 5) is 12.0. The van der Waals surface area contributed by atoms with Crippen LogP contribution < -0.4 is 14.8 Å². The quantitative estimate of drug-likeness (QED) is 0.848. The van der Waals surface area contributed by atoms with Gasteiger partial charge in [0.05, 0.1) is 5.60 Å². The molecule has 0 bridgehead atoms. The Bertz CT molecular complexity index is 484. The number of hydrogen-bond acceptors (Lipinski definition) is 4. The average Bonchev–Trinajstić information content (AvgIpc) is 2.42. The van der Waals surface area contributed by atoms with E-state index in [1.807, 2.05) is 12.1 Å². The lowest BCUT2D eigenvalue weighted by molar-refractivity contribution is -0.132. The molecule has 1 amide bonds. The Hall–Kier alpha value is -1.75. The highest BCUT2D eigenvalue weighted by molar-refractivity contribution is 5.81. The zero-order valence-corrected chi connectivity index (χ0v) is 10.6. The van der Waals surface area contributed by atoms with Gasteiger partial charge in [-0.15, -0.1) is 0 Å². The maximum Gasteiger partial charge on any atom is 0.264 e. The predicted molar refractivity (Wildman–Crippen MR) is 68.2 cm³/mol. The second-order valence-corrected chi connectivity index (χ2v) is 5.16. The van der Waals surface area contributed by atoms with Gasteiger partial charge in [-0.3, -0.25) is 4.79 Å². The fraction of sp³-hybridized carbons (Fsp3) is 0.500. The van der Waals surface area contributed by atoms with Crippen LogP contribution in [0.2, 0.25) is 0 Å². The molecule has 1 aromatic rings. The highest BCUT2D eigenvalue weighted by atomic mass is 16.6. The van der Waals surface area contributed by atoms with Crippen molar-refractivity contribution in [3.63, 3.8) is 0 Å². The Balaban J connectivity index is 1.57. The molecule has 0 radical (unpaired) electrons. The third kappa shape index (κ3) is 2.51. The van der Waals surface area contributed by atoms with Crippen LogP contribution in [0.15, 0.2) is 24.3 Å². The molecule has 5 heteroatoms. The molecule has 1 atom stereocenters. The molecule has 1 heterocycles. The standard InChI is InChI=1S/C14H17NO4/c16-13(15-9-14(17)6-3-7-14)12-8-18-10-4-1-2-5-11(10)19-12/h1-2,4-5,12,17H,3,6-9H2,(H,15,16). The molecule has 5 nitrogen and oxygen atoms in total. The van der Waals surface area contributed by atoms with E-state index in [9.17, 15) is 9.90 Å². The molecule has 2 aliphatic rings. The minimum atomic E-state index is -0.719. The lowest BCUT2D eigenvalue weighted by Crippen LogP contribution is -2.52. The van der Waals surface area contributed by atoms with E-state index in [4.69, 9.17) is 9.47 Å². The van der Waals surface area contributed by atoms with Gasteiger partial charge >= 0.3 is 0 Å². The van der Waals surface area contributed by atoms with E-state index in [0.717, 1.165) is 19.3 Å². The third-order valence-electron chi connectivity index (χ3n) is 3.68. The number of para-hydroxylation sites is 2. The number of aliphatic hydroxyl groups is 1. The molecule has 1 aromatic carbocycles. The molecule has 1 fully saturated rings. The third-order valence-corrected chi connectivity index (χ3v) is 3.68. The van der Waals surface area contributed by atoms with Gasteiger partial charge < -0.3 is 19.9 Å². The van der Waals surface area contributed by atoms with Crippen LogP contribution in [0.5, 0.6) is 11.5 Å². The van der Waals surface area contributed by atoms with Crippen molar-refractivity contribution in [3.8, 4) is 11.5 Å². The van der Waals surface area contributed by atoms with E-state index in [0.29, 0.717) is 11.5 Å². The summed E-state index contributed by atoms with van der Waals surface area (Å²) < 4.78 is 11.1. The molecular formula is C14H17NO4. The van der Waals surface area contributed by atoms with Gasteiger partial charge in [0.25, 0.3) is 5.91 Å². The Labute approximate surface area is 111 Å². The Kier molecular flexibility index (Phi) is 3.06. The number of carbonyl (C=O) groups is 1. The Morgan fingerprint density at radius 3 is 2.79 bits per heavy atom. The van der Waals surface area contributed by atoms with Crippen molar-refractivity contribution in [2.24, 2.45) is 0 Å². The number of amides is 1.